The average Bonchev–Trinajstić information content (AvgIpc) is 1.58. The second kappa shape index (κ2) is 52.6. The van der Waals surface area contributed by atoms with Crippen molar-refractivity contribution < 1.29 is 85.1 Å². The van der Waals surface area contributed by atoms with Crippen molar-refractivity contribution in [1.29, 1.82) is 0 Å². The van der Waals surface area contributed by atoms with Gasteiger partial charge in [0.2, 0.25) is 49.1 Å². The summed E-state index contributed by atoms with van der Waals surface area (Å²) in [6, 6.07) is 69.7. The molecule has 8 aromatic carbocycles. The number of hydrazine groups is 2. The predicted molar refractivity (Wildman–Crippen MR) is 558 cm³/mol. The number of sulfonamides is 4. The molecule has 34 nitrogen and oxygen atoms in total. The third-order valence-corrected chi connectivity index (χ3v) is 22.7. The molecule has 45 heteroatoms. The standard InChI is InChI=1S/C23H19N3O4S.C22H19N5O3S.C16H11BrN2O2.C13H20BNO4S.C7H8INO2S.C6H6IN.CH3ClO2S.CH3F.CH4.H4N2.H3N.H2O/c1-30-23(27)19-13-22(25-21-11-12-24-14-20(19)21)17-5-3-15(4-6-17)16-7-9-18(10-8-16)26-31(2,28)29;1-31(29,30)27-17-8-6-15(7-9-17)14-2-4-16(5-3-14)21-12-18(22(28)26-23)19-13-24-11-10-20(19)25-21;1-21-16(20)12-8-15(10-2-4-11(17)5-3-10)19-14-6-7-18-9-13(12)14;1-12(2)13(3,4)19-14(18-12)10-6-8-11(9-7-10)15-20(5,16)17;1-12(10,11)9-7-4-2-6(8)3-5-7;7-5-1-3-6(8)4-2-5;1-5(2,3)4;1-2;;1-2;;/h3-14,26H,1-2H3;2-13,27H,23H2,1H3,(H,26,28);2-9H,1H3;6-9,15H,1-5H3;2-5,9H,1H3;1-4H,8H2;1H3;1H3;1H4;1-2H2;1H3;1H2. The number of carbonyl (C=O) groups excluding carboxylic acids is 3. The number of benzene rings is 8. The van der Waals surface area contributed by atoms with E-state index >= 15 is 0 Å². The normalized spacial score (nSPS) is 12.0. The van der Waals surface area contributed by atoms with E-state index < -0.39 is 74.1 Å². The number of carbonyl (C=O) groups is 3. The van der Waals surface area contributed by atoms with Crippen LogP contribution in [0.1, 0.15) is 66.2 Å². The molecule has 0 saturated carbocycles. The van der Waals surface area contributed by atoms with Crippen LogP contribution in [0.2, 0.25) is 0 Å². The van der Waals surface area contributed by atoms with Crippen molar-refractivity contribution in [2.24, 2.45) is 17.5 Å². The summed E-state index contributed by atoms with van der Waals surface area (Å²) < 4.78 is 152. The second-order valence-corrected chi connectivity index (χ2v) is 42.5. The van der Waals surface area contributed by atoms with Gasteiger partial charge in [-0.15, -0.1) is 0 Å². The van der Waals surface area contributed by atoms with Gasteiger partial charge in [0.1, 0.15) is 0 Å². The summed E-state index contributed by atoms with van der Waals surface area (Å²) in [7, 11) is -8.95. The van der Waals surface area contributed by atoms with E-state index in [0.717, 1.165) is 95.1 Å². The molecule has 6 aromatic heterocycles. The van der Waals surface area contributed by atoms with Crippen molar-refractivity contribution in [3.8, 4) is 56.0 Å². The van der Waals surface area contributed by atoms with E-state index in [9.17, 15) is 60.9 Å². The molecule has 15 rings (SSSR count). The molecule has 0 atom stereocenters. The van der Waals surface area contributed by atoms with Gasteiger partial charge in [-0.2, -0.15) is 0 Å². The third kappa shape index (κ3) is 37.3. The molecular weight excluding hydrogens is 2150 g/mol. The lowest BCUT2D eigenvalue weighted by Crippen LogP contribution is -2.41. The van der Waals surface area contributed by atoms with Gasteiger partial charge in [0.05, 0.1) is 114 Å². The Bertz CT molecular complexity index is 6670. The smallest absolute Gasteiger partial charge is 0.465 e. The van der Waals surface area contributed by atoms with Gasteiger partial charge >= 0.3 is 19.1 Å². The van der Waals surface area contributed by atoms with E-state index in [4.69, 9.17) is 30.4 Å². The van der Waals surface area contributed by atoms with Crippen LogP contribution in [-0.2, 0) is 67.9 Å². The Kier molecular flexibility index (Phi) is 45.1. The molecule has 18 N–H and O–H groups in total. The fourth-order valence-electron chi connectivity index (χ4n) is 11.7. The summed E-state index contributed by atoms with van der Waals surface area (Å²) in [5.41, 5.74) is 22.3. The number of hydrogen-bond acceptors (Lipinski definition) is 28. The van der Waals surface area contributed by atoms with Crippen molar-refractivity contribution in [2.45, 2.75) is 46.3 Å². The highest BCUT2D eigenvalue weighted by molar-refractivity contribution is 14.1. The van der Waals surface area contributed by atoms with Gasteiger partial charge in [0, 0.05) is 121 Å². The predicted octanol–water partition coefficient (Wildman–Crippen LogP) is 15.4. The van der Waals surface area contributed by atoms with Crippen molar-refractivity contribution in [3.63, 3.8) is 0 Å². The monoisotopic (exact) mass is 2250 g/mol. The molecule has 1 aliphatic rings. The first kappa shape index (κ1) is 116. The number of alkyl halides is 1. The number of nitrogens with zero attached hydrogens (tertiary/aromatic N) is 6. The van der Waals surface area contributed by atoms with Crippen LogP contribution in [0, 0.1) is 7.14 Å². The number of methoxy groups -OCH3 is 2. The number of ether oxygens (including phenoxy) is 2. The maximum Gasteiger partial charge on any atom is 0.494 e. The Labute approximate surface area is 825 Å². The highest BCUT2D eigenvalue weighted by Gasteiger charge is 2.51. The zero-order valence-corrected chi connectivity index (χ0v) is 84.8. The highest BCUT2D eigenvalue weighted by Crippen LogP contribution is 2.38. The van der Waals surface area contributed by atoms with Crippen LogP contribution in [-0.4, -0.2) is 166 Å². The number of fused-ring (bicyclic) bond motifs is 3. The number of halogens is 5. The summed E-state index contributed by atoms with van der Waals surface area (Å²) in [6.07, 6.45) is 15.1. The Morgan fingerprint density at radius 1 is 0.430 bits per heavy atom. The highest BCUT2D eigenvalue weighted by atomic mass is 127. The minimum absolute atomic E-state index is 0. The number of aromatic nitrogens is 6. The molecule has 135 heavy (non-hydrogen) atoms. The Morgan fingerprint density at radius 3 is 0.948 bits per heavy atom. The lowest BCUT2D eigenvalue weighted by Gasteiger charge is -2.32. The number of anilines is 5. The molecule has 1 aliphatic heterocycles. The van der Waals surface area contributed by atoms with Crippen molar-refractivity contribution in [2.75, 3.05) is 77.3 Å². The lowest BCUT2D eigenvalue weighted by atomic mass is 9.79. The molecule has 1 amide bonds. The minimum atomic E-state index is -3.32. The zero-order valence-electron chi connectivity index (χ0n) is 74.1. The molecule has 0 aliphatic carbocycles. The first-order valence-corrected chi connectivity index (χ1v) is 51.7. The SMILES string of the molecule is C.CC1(C)OB(c2ccc(NS(C)(=O)=O)cc2)OC1(C)C.CF.COC(=O)c1cc(-c2ccc(-c3ccc(NS(C)(=O)=O)cc3)cc2)nc2ccncc12.COC(=O)c1cc(-c2ccc(Br)cc2)nc2ccncc12.CS(=O)(=O)Cl.CS(=O)(=O)Nc1ccc(-c2ccc(-c3cc(C(=O)NN)c4cnccc4n3)cc2)cc1.CS(=O)(=O)Nc1ccc(I)cc1.N.NN.Nc1ccc(I)cc1.O. The second-order valence-electron chi connectivity index (χ2n) is 29.1. The number of amides is 1. The molecule has 0 spiro atoms. The maximum atomic E-state index is 12.2. The number of nitrogens with two attached hydrogens (primary N) is 4. The Morgan fingerprint density at radius 2 is 0.674 bits per heavy atom. The van der Waals surface area contributed by atoms with Crippen LogP contribution in [0.4, 0.5) is 32.8 Å². The number of rotatable bonds is 17. The molecular formula is C90H102BBrClFI2N16O18S5. The zero-order chi connectivity index (χ0) is 97.7. The van der Waals surface area contributed by atoms with Gasteiger partial charge in [-0.3, -0.25) is 60.1 Å². The van der Waals surface area contributed by atoms with Crippen LogP contribution in [0.3, 0.4) is 0 Å². The van der Waals surface area contributed by atoms with Crippen LogP contribution >= 0.6 is 71.8 Å². The third-order valence-electron chi connectivity index (χ3n) is 18.3. The first-order chi connectivity index (χ1) is 62.1. The van der Waals surface area contributed by atoms with E-state index in [-0.39, 0.29) is 30.3 Å². The largest absolute Gasteiger partial charge is 0.494 e. The molecule has 0 unspecified atom stereocenters. The fraction of sp³-hybridized carbons (Fsp3) is 0.167. The fourth-order valence-corrected chi connectivity index (χ4v) is 15.0. The molecule has 0 bridgehead atoms. The average molecular weight is 2260 g/mol. The molecule has 718 valence electrons. The van der Waals surface area contributed by atoms with Gasteiger partial charge in [-0.25, -0.2) is 72.5 Å². The molecule has 0 radical (unpaired) electrons. The maximum absolute atomic E-state index is 12.2. The Hall–Kier alpha value is -11.5. The quantitative estimate of drug-likeness (QED) is 0.00591. The van der Waals surface area contributed by atoms with Crippen LogP contribution in [0.5, 0.6) is 0 Å². The number of pyridine rings is 6. The van der Waals surface area contributed by atoms with Crippen molar-refractivity contribution >= 4 is 213 Å². The molecule has 1 fully saturated rings. The van der Waals surface area contributed by atoms with Crippen molar-refractivity contribution in [3.05, 3.63) is 296 Å². The summed E-state index contributed by atoms with van der Waals surface area (Å²) in [6.45, 7) is 7.97. The summed E-state index contributed by atoms with van der Waals surface area (Å²) >= 11 is 7.80. The molecule has 7 heterocycles. The van der Waals surface area contributed by atoms with Crippen molar-refractivity contribution in [1.82, 2.24) is 41.5 Å². The van der Waals surface area contributed by atoms with Gasteiger partial charge < -0.3 is 36.1 Å². The molecule has 1 saturated heterocycles. The van der Waals surface area contributed by atoms with Gasteiger partial charge in [-0.1, -0.05) is 120 Å². The van der Waals surface area contributed by atoms with Crippen LogP contribution < -0.4 is 59.2 Å². The summed E-state index contributed by atoms with van der Waals surface area (Å²) in [5.74, 6) is 12.1. The van der Waals surface area contributed by atoms with E-state index in [1.807, 2.05) is 161 Å². The minimum Gasteiger partial charge on any atom is -0.465 e. The van der Waals surface area contributed by atoms with E-state index in [0.29, 0.717) is 90.7 Å². The van der Waals surface area contributed by atoms with Crippen LogP contribution in [0.15, 0.2) is 272 Å². The summed E-state index contributed by atoms with van der Waals surface area (Å²) in [5, 5.41) is 1.94. The summed E-state index contributed by atoms with van der Waals surface area (Å²) in [4.78, 5) is 62.5. The van der Waals surface area contributed by atoms with E-state index in [1.165, 1.54) is 17.8 Å². The van der Waals surface area contributed by atoms with Gasteiger partial charge in [0.25, 0.3) is 5.91 Å². The molecule has 14 aromatic rings. The topological polar surface area (TPSA) is 567 Å². The number of hydrogen-bond donors (Lipinski definition) is 10. The van der Waals surface area contributed by atoms with Gasteiger partial charge in [-0.05, 0) is 234 Å². The Balaban J connectivity index is 0.000000344. The lowest BCUT2D eigenvalue weighted by molar-refractivity contribution is 0.00578. The van der Waals surface area contributed by atoms with Crippen LogP contribution in [0.25, 0.3) is 88.7 Å². The first-order valence-electron chi connectivity index (χ1n) is 38.5. The number of nitrogen functional groups attached to an aromatic ring is 2. The van der Waals surface area contributed by atoms with Gasteiger partial charge in [0.15, 0.2) is 0 Å². The van der Waals surface area contributed by atoms with E-state index in [1.54, 1.807) is 134 Å². The number of nitrogens with one attached hydrogen (secondary N) is 5. The van der Waals surface area contributed by atoms with E-state index in [2.05, 4.69) is 138 Å². The number of esters is 2.